The van der Waals surface area contributed by atoms with Gasteiger partial charge < -0.3 is 10.5 Å². The first-order valence-corrected chi connectivity index (χ1v) is 8.10. The van der Waals surface area contributed by atoms with E-state index in [0.29, 0.717) is 13.0 Å². The van der Waals surface area contributed by atoms with Gasteiger partial charge in [-0.2, -0.15) is 0 Å². The summed E-state index contributed by atoms with van der Waals surface area (Å²) < 4.78 is 20.5. The van der Waals surface area contributed by atoms with Crippen LogP contribution < -0.4 is 10.5 Å². The third kappa shape index (κ3) is 4.30. The number of rotatable bonds is 6. The summed E-state index contributed by atoms with van der Waals surface area (Å²) in [6, 6.07) is 9.05. The van der Waals surface area contributed by atoms with Crippen molar-refractivity contribution in [2.75, 3.05) is 0 Å². The summed E-state index contributed by atoms with van der Waals surface area (Å²) in [6.07, 6.45) is 1.57. The van der Waals surface area contributed by atoms with Crippen LogP contribution in [0.3, 0.4) is 0 Å². The van der Waals surface area contributed by atoms with Crippen LogP contribution in [0.1, 0.15) is 23.8 Å². The number of ether oxygens (including phenoxy) is 1. The second kappa shape index (κ2) is 7.20. The van der Waals surface area contributed by atoms with Crippen molar-refractivity contribution in [1.29, 1.82) is 0 Å². The zero-order chi connectivity index (χ0) is 14.5. The Morgan fingerprint density at radius 3 is 2.75 bits per heavy atom. The molecule has 2 nitrogen and oxygen atoms in total. The van der Waals surface area contributed by atoms with Crippen molar-refractivity contribution < 1.29 is 9.13 Å². The zero-order valence-corrected chi connectivity index (χ0v) is 13.6. The number of benzene rings is 1. The normalized spacial score (nSPS) is 12.4. The molecule has 20 heavy (non-hydrogen) atoms. The molecule has 0 aliphatic heterocycles. The second-order valence-corrected chi connectivity index (χ2v) is 7.18. The number of thiophene rings is 1. The highest BCUT2D eigenvalue weighted by molar-refractivity contribution is 9.11. The summed E-state index contributed by atoms with van der Waals surface area (Å²) in [5.74, 6) is -0.0511. The smallest absolute Gasteiger partial charge is 0.165 e. The molecule has 1 aromatic heterocycles. The van der Waals surface area contributed by atoms with E-state index in [1.807, 2.05) is 25.1 Å². The lowest BCUT2D eigenvalue weighted by Crippen LogP contribution is -2.21. The first-order chi connectivity index (χ1) is 9.58. The van der Waals surface area contributed by atoms with E-state index in [4.69, 9.17) is 10.5 Å². The summed E-state index contributed by atoms with van der Waals surface area (Å²) in [5.41, 5.74) is 6.78. The Balaban J connectivity index is 1.98. The van der Waals surface area contributed by atoms with Crippen LogP contribution in [0.15, 0.2) is 34.1 Å². The molecule has 108 valence electrons. The molecule has 0 bridgehead atoms. The van der Waals surface area contributed by atoms with Crippen LogP contribution in [0.5, 0.6) is 5.75 Å². The van der Waals surface area contributed by atoms with Gasteiger partial charge in [0.05, 0.1) is 3.79 Å². The molecule has 0 aliphatic carbocycles. The van der Waals surface area contributed by atoms with Crippen LogP contribution >= 0.6 is 27.3 Å². The van der Waals surface area contributed by atoms with Gasteiger partial charge >= 0.3 is 0 Å². The maximum absolute atomic E-state index is 13.9. The van der Waals surface area contributed by atoms with Gasteiger partial charge in [-0.25, -0.2) is 4.39 Å². The summed E-state index contributed by atoms with van der Waals surface area (Å²) in [7, 11) is 0. The largest absolute Gasteiger partial charge is 0.485 e. The van der Waals surface area contributed by atoms with Crippen LogP contribution in [-0.2, 0) is 13.0 Å². The van der Waals surface area contributed by atoms with Crippen molar-refractivity contribution in [3.05, 3.63) is 50.4 Å². The van der Waals surface area contributed by atoms with Gasteiger partial charge in [-0.3, -0.25) is 0 Å². The van der Waals surface area contributed by atoms with E-state index in [-0.39, 0.29) is 17.6 Å². The van der Waals surface area contributed by atoms with E-state index in [1.165, 1.54) is 6.07 Å². The summed E-state index contributed by atoms with van der Waals surface area (Å²) in [5, 5.41) is 0. The fourth-order valence-electron chi connectivity index (χ4n) is 1.81. The Morgan fingerprint density at radius 1 is 1.35 bits per heavy atom. The number of nitrogens with two attached hydrogens (primary N) is 1. The van der Waals surface area contributed by atoms with E-state index >= 15 is 0 Å². The third-order valence-electron chi connectivity index (χ3n) is 3.02. The highest BCUT2D eigenvalue weighted by atomic mass is 79.9. The van der Waals surface area contributed by atoms with Crippen molar-refractivity contribution in [3.63, 3.8) is 0 Å². The fraction of sp³-hybridized carbons (Fsp3) is 0.333. The van der Waals surface area contributed by atoms with Crippen LogP contribution in [0, 0.1) is 5.82 Å². The molecule has 0 aliphatic rings. The molecular weight excluding hydrogens is 341 g/mol. The Kier molecular flexibility index (Phi) is 5.57. The topological polar surface area (TPSA) is 35.2 Å². The van der Waals surface area contributed by atoms with Gasteiger partial charge in [0.2, 0.25) is 0 Å². The molecule has 2 N–H and O–H groups in total. The molecule has 5 heteroatoms. The zero-order valence-electron chi connectivity index (χ0n) is 11.2. The minimum atomic E-state index is -0.332. The van der Waals surface area contributed by atoms with Crippen molar-refractivity contribution in [2.45, 2.75) is 32.4 Å². The molecule has 0 saturated carbocycles. The van der Waals surface area contributed by atoms with Gasteiger partial charge in [0, 0.05) is 10.9 Å². The van der Waals surface area contributed by atoms with E-state index in [0.717, 1.165) is 20.6 Å². The first-order valence-electron chi connectivity index (χ1n) is 6.49. The Hall–Kier alpha value is -0.910. The highest BCUT2D eigenvalue weighted by Crippen LogP contribution is 2.25. The molecular formula is C15H17BrFNOS. The highest BCUT2D eigenvalue weighted by Gasteiger charge is 2.08. The van der Waals surface area contributed by atoms with Crippen LogP contribution in [0.4, 0.5) is 4.39 Å². The second-order valence-electron chi connectivity index (χ2n) is 4.63. The molecule has 1 aromatic carbocycles. The maximum Gasteiger partial charge on any atom is 0.165 e. The summed E-state index contributed by atoms with van der Waals surface area (Å²) >= 11 is 4.97. The van der Waals surface area contributed by atoms with Crippen LogP contribution in [-0.4, -0.2) is 6.04 Å². The Morgan fingerprint density at radius 2 is 2.15 bits per heavy atom. The molecule has 0 spiro atoms. The van der Waals surface area contributed by atoms with E-state index in [2.05, 4.69) is 15.9 Å². The number of hydrogen-bond acceptors (Lipinski definition) is 3. The molecule has 1 unspecified atom stereocenters. The van der Waals surface area contributed by atoms with Crippen LogP contribution in [0.25, 0.3) is 0 Å². The standard InChI is InChI=1S/C15H17BrFNOS/c1-2-11(18)7-10-3-5-14(13(17)8-10)19-9-12-4-6-15(16)20-12/h3-6,8,11H,2,7,9,18H2,1H3. The predicted molar refractivity (Wildman–Crippen MR) is 84.7 cm³/mol. The Bertz CT molecular complexity index is 573. The average molecular weight is 358 g/mol. The van der Waals surface area contributed by atoms with Crippen molar-refractivity contribution in [3.8, 4) is 5.75 Å². The minimum Gasteiger partial charge on any atom is -0.485 e. The van der Waals surface area contributed by atoms with Crippen molar-refractivity contribution in [1.82, 2.24) is 0 Å². The maximum atomic E-state index is 13.9. The first kappa shape index (κ1) is 15.5. The third-order valence-corrected chi connectivity index (χ3v) is 4.61. The number of halogens is 2. The van der Waals surface area contributed by atoms with Crippen molar-refractivity contribution >= 4 is 27.3 Å². The fourth-order valence-corrected chi connectivity index (χ4v) is 3.21. The molecule has 0 saturated heterocycles. The van der Waals surface area contributed by atoms with E-state index in [9.17, 15) is 4.39 Å². The van der Waals surface area contributed by atoms with Gasteiger partial charge in [0.1, 0.15) is 6.61 Å². The van der Waals surface area contributed by atoms with Crippen molar-refractivity contribution in [2.24, 2.45) is 5.73 Å². The molecule has 2 aromatic rings. The molecule has 2 rings (SSSR count). The van der Waals surface area contributed by atoms with E-state index < -0.39 is 0 Å². The SMILES string of the molecule is CCC(N)Cc1ccc(OCc2ccc(Br)s2)c(F)c1. The minimum absolute atomic E-state index is 0.0737. The molecule has 0 fully saturated rings. The van der Waals surface area contributed by atoms with Gasteiger partial charge in [-0.05, 0) is 58.6 Å². The van der Waals surface area contributed by atoms with Gasteiger partial charge in [0.15, 0.2) is 11.6 Å². The molecule has 0 amide bonds. The molecule has 1 heterocycles. The van der Waals surface area contributed by atoms with Gasteiger partial charge in [-0.1, -0.05) is 13.0 Å². The average Bonchev–Trinajstić information content (AvgIpc) is 2.83. The molecule has 0 radical (unpaired) electrons. The lowest BCUT2D eigenvalue weighted by molar-refractivity contribution is 0.293. The summed E-state index contributed by atoms with van der Waals surface area (Å²) in [6.45, 7) is 2.40. The quantitative estimate of drug-likeness (QED) is 0.825. The van der Waals surface area contributed by atoms with E-state index in [1.54, 1.807) is 17.4 Å². The Labute approximate surface area is 130 Å². The lowest BCUT2D eigenvalue weighted by Gasteiger charge is -2.11. The summed E-state index contributed by atoms with van der Waals surface area (Å²) in [4.78, 5) is 1.05. The predicted octanol–water partition coefficient (Wildman–Crippen LogP) is 4.51. The van der Waals surface area contributed by atoms with Gasteiger partial charge in [0.25, 0.3) is 0 Å². The lowest BCUT2D eigenvalue weighted by atomic mass is 10.0. The van der Waals surface area contributed by atoms with Crippen LogP contribution in [0.2, 0.25) is 0 Å². The molecule has 1 atom stereocenters. The van der Waals surface area contributed by atoms with Gasteiger partial charge in [-0.15, -0.1) is 11.3 Å². The number of hydrogen-bond donors (Lipinski definition) is 1. The monoisotopic (exact) mass is 357 g/mol.